The molecule has 1 aromatic heterocycles. The van der Waals surface area contributed by atoms with Gasteiger partial charge in [-0.1, -0.05) is 24.6 Å². The van der Waals surface area contributed by atoms with E-state index in [2.05, 4.69) is 17.0 Å². The minimum Gasteiger partial charge on any atom is -0.504 e. The Labute approximate surface area is 169 Å². The van der Waals surface area contributed by atoms with E-state index in [1.54, 1.807) is 18.2 Å². The lowest BCUT2D eigenvalue weighted by atomic mass is 10.0. The van der Waals surface area contributed by atoms with Crippen molar-refractivity contribution in [2.75, 3.05) is 6.54 Å². The zero-order valence-corrected chi connectivity index (χ0v) is 16.3. The summed E-state index contributed by atoms with van der Waals surface area (Å²) in [6.07, 6.45) is 3.32. The van der Waals surface area contributed by atoms with Gasteiger partial charge in [0.2, 0.25) is 0 Å². The Kier molecular flexibility index (Phi) is 5.36. The van der Waals surface area contributed by atoms with Gasteiger partial charge in [-0.2, -0.15) is 0 Å². The maximum absolute atomic E-state index is 12.4. The summed E-state index contributed by atoms with van der Waals surface area (Å²) in [5.41, 5.74) is 1.74. The van der Waals surface area contributed by atoms with Crippen molar-refractivity contribution in [1.82, 2.24) is 10.3 Å². The molecule has 2 aromatic carbocycles. The summed E-state index contributed by atoms with van der Waals surface area (Å²) >= 11 is 0. The third-order valence-corrected chi connectivity index (χ3v) is 5.79. The molecule has 0 bridgehead atoms. The van der Waals surface area contributed by atoms with Crippen molar-refractivity contribution < 1.29 is 14.8 Å². The third-order valence-electron chi connectivity index (χ3n) is 5.79. The Balaban J connectivity index is 1.43. The molecule has 0 spiro atoms. The van der Waals surface area contributed by atoms with E-state index < -0.39 is 0 Å². The number of para-hydroxylation sites is 1. The highest BCUT2D eigenvalue weighted by Gasteiger charge is 2.29. The largest absolute Gasteiger partial charge is 0.504 e. The number of nitrogens with zero attached hydrogens (tertiary/aromatic N) is 1. The zero-order valence-electron chi connectivity index (χ0n) is 16.3. The van der Waals surface area contributed by atoms with Gasteiger partial charge < -0.3 is 15.5 Å². The second-order valence-corrected chi connectivity index (χ2v) is 7.79. The fraction of sp³-hybridized carbons (Fsp3) is 0.304. The van der Waals surface area contributed by atoms with Crippen molar-refractivity contribution in [3.63, 3.8) is 0 Å². The minimum atomic E-state index is -0.107. The normalized spacial score (nSPS) is 18.9. The van der Waals surface area contributed by atoms with Gasteiger partial charge in [0.05, 0.1) is 24.7 Å². The van der Waals surface area contributed by atoms with Crippen LogP contribution in [0.1, 0.15) is 24.8 Å². The number of H-pyrrole nitrogens is 1. The topological polar surface area (TPSA) is 88.4 Å². The van der Waals surface area contributed by atoms with Gasteiger partial charge in [0, 0.05) is 18.5 Å². The van der Waals surface area contributed by atoms with E-state index in [1.807, 2.05) is 28.8 Å². The first kappa shape index (κ1) is 19.2. The van der Waals surface area contributed by atoms with Crippen LogP contribution in [0, 0.1) is 5.92 Å². The lowest BCUT2D eigenvalue weighted by molar-refractivity contribution is -0.444. The second kappa shape index (κ2) is 8.09. The highest BCUT2D eigenvalue weighted by Crippen LogP contribution is 2.28. The number of hydrogen-bond acceptors (Lipinski definition) is 4. The quantitative estimate of drug-likeness (QED) is 0.295. The van der Waals surface area contributed by atoms with Gasteiger partial charge in [0.15, 0.2) is 16.9 Å². The Bertz CT molecular complexity index is 1110. The predicted octanol–water partition coefficient (Wildman–Crippen LogP) is 3.24. The Hall–Kier alpha value is -3.12. The summed E-state index contributed by atoms with van der Waals surface area (Å²) in [5, 5.41) is 23.4. The van der Waals surface area contributed by atoms with Crippen molar-refractivity contribution in [3.8, 4) is 11.5 Å². The molecule has 0 saturated heterocycles. The minimum absolute atomic E-state index is 0.00349. The number of phenols is 2. The molecule has 2 unspecified atom stereocenters. The van der Waals surface area contributed by atoms with Crippen molar-refractivity contribution in [2.45, 2.75) is 31.8 Å². The van der Waals surface area contributed by atoms with Crippen LogP contribution in [0.2, 0.25) is 0 Å². The molecule has 2 atom stereocenters. The van der Waals surface area contributed by atoms with Crippen LogP contribution in [0.25, 0.3) is 10.9 Å². The van der Waals surface area contributed by atoms with Crippen LogP contribution in [0.3, 0.4) is 0 Å². The molecule has 6 heteroatoms. The number of nitrogens with one attached hydrogen (secondary N) is 2. The van der Waals surface area contributed by atoms with Crippen molar-refractivity contribution in [3.05, 3.63) is 64.3 Å². The van der Waals surface area contributed by atoms with Gasteiger partial charge >= 0.3 is 0 Å². The molecule has 1 saturated carbocycles. The molecular formula is C23H26N3O3+. The van der Waals surface area contributed by atoms with Crippen LogP contribution < -0.4 is 10.7 Å². The number of aromatic hydroxyl groups is 2. The molecule has 1 aliphatic rings. The molecule has 29 heavy (non-hydrogen) atoms. The third kappa shape index (κ3) is 4.17. The number of fused-ring (bicyclic) bond motifs is 1. The van der Waals surface area contributed by atoms with E-state index in [0.29, 0.717) is 23.9 Å². The molecule has 0 aliphatic heterocycles. The number of aromatic amines is 1. The SMILES string of the molecule is C=[N+](CC1CCCC1NCc1ccc(O)c(O)c1)c1cc(=O)c2ccccc2[nH]1. The van der Waals surface area contributed by atoms with Crippen LogP contribution in [0.5, 0.6) is 11.5 Å². The van der Waals surface area contributed by atoms with Gasteiger partial charge in [-0.3, -0.25) is 4.79 Å². The van der Waals surface area contributed by atoms with Crippen LogP contribution in [0.15, 0.2) is 53.3 Å². The number of rotatable bonds is 6. The fourth-order valence-corrected chi connectivity index (χ4v) is 4.19. The first-order chi connectivity index (χ1) is 14.0. The van der Waals surface area contributed by atoms with E-state index >= 15 is 0 Å². The molecule has 4 N–H and O–H groups in total. The van der Waals surface area contributed by atoms with E-state index in [-0.39, 0.29) is 16.9 Å². The Morgan fingerprint density at radius 2 is 1.93 bits per heavy atom. The molecule has 1 fully saturated rings. The molecule has 150 valence electrons. The van der Waals surface area contributed by atoms with Gasteiger partial charge in [-0.15, -0.1) is 0 Å². The zero-order chi connectivity index (χ0) is 20.4. The maximum Gasteiger partial charge on any atom is 0.282 e. The molecule has 6 nitrogen and oxygen atoms in total. The summed E-state index contributed by atoms with van der Waals surface area (Å²) in [7, 11) is 0. The number of pyridine rings is 1. The molecule has 1 aliphatic carbocycles. The van der Waals surface area contributed by atoms with Crippen LogP contribution in [-0.2, 0) is 6.54 Å². The van der Waals surface area contributed by atoms with Gasteiger partial charge in [0.25, 0.3) is 5.82 Å². The molecule has 3 aromatic rings. The summed E-state index contributed by atoms with van der Waals surface area (Å²) < 4.78 is 1.88. The van der Waals surface area contributed by atoms with Crippen molar-refractivity contribution in [1.29, 1.82) is 0 Å². The second-order valence-electron chi connectivity index (χ2n) is 7.79. The first-order valence-electron chi connectivity index (χ1n) is 9.95. The number of hydrogen-bond donors (Lipinski definition) is 4. The predicted molar refractivity (Wildman–Crippen MR) is 114 cm³/mol. The van der Waals surface area contributed by atoms with E-state index in [1.165, 1.54) is 6.07 Å². The fourth-order valence-electron chi connectivity index (χ4n) is 4.19. The summed E-state index contributed by atoms with van der Waals surface area (Å²) in [6, 6.07) is 14.3. The highest BCUT2D eigenvalue weighted by atomic mass is 16.3. The number of aromatic nitrogens is 1. The number of phenolic OH excluding ortho intramolecular Hbond substituents is 2. The van der Waals surface area contributed by atoms with E-state index in [0.717, 1.165) is 42.7 Å². The van der Waals surface area contributed by atoms with E-state index in [9.17, 15) is 15.0 Å². The Morgan fingerprint density at radius 1 is 1.10 bits per heavy atom. The molecular weight excluding hydrogens is 366 g/mol. The van der Waals surface area contributed by atoms with Crippen LogP contribution in [0.4, 0.5) is 5.82 Å². The summed E-state index contributed by atoms with van der Waals surface area (Å²) in [6.45, 7) is 5.54. The van der Waals surface area contributed by atoms with Gasteiger partial charge in [-0.05, 0) is 42.7 Å². The molecule has 1 heterocycles. The van der Waals surface area contributed by atoms with Gasteiger partial charge in [0.1, 0.15) is 5.52 Å². The lowest BCUT2D eigenvalue weighted by Gasteiger charge is -2.21. The molecule has 0 amide bonds. The van der Waals surface area contributed by atoms with Crippen molar-refractivity contribution >= 4 is 23.4 Å². The summed E-state index contributed by atoms with van der Waals surface area (Å²) in [4.78, 5) is 15.7. The van der Waals surface area contributed by atoms with Crippen LogP contribution >= 0.6 is 0 Å². The smallest absolute Gasteiger partial charge is 0.282 e. The average molecular weight is 392 g/mol. The van der Waals surface area contributed by atoms with E-state index in [4.69, 9.17) is 0 Å². The molecule has 0 radical (unpaired) electrons. The Morgan fingerprint density at radius 3 is 2.76 bits per heavy atom. The first-order valence-corrected chi connectivity index (χ1v) is 9.95. The maximum atomic E-state index is 12.4. The highest BCUT2D eigenvalue weighted by molar-refractivity contribution is 5.79. The van der Waals surface area contributed by atoms with Crippen molar-refractivity contribution in [2.24, 2.45) is 5.92 Å². The summed E-state index contributed by atoms with van der Waals surface area (Å²) in [5.74, 6) is 0.928. The van der Waals surface area contributed by atoms with Crippen LogP contribution in [-0.4, -0.2) is 39.1 Å². The van der Waals surface area contributed by atoms with Gasteiger partial charge in [-0.25, -0.2) is 9.56 Å². The lowest BCUT2D eigenvalue weighted by Crippen LogP contribution is -2.35. The monoisotopic (exact) mass is 392 g/mol. The number of benzene rings is 2. The molecule has 4 rings (SSSR count). The average Bonchev–Trinajstić information content (AvgIpc) is 3.15. The standard InChI is InChI=1S/C23H25N3O3/c1-26(23-12-21(28)17-6-2-3-7-19(17)25-23)14-16-5-4-8-18(16)24-13-15-9-10-20(27)22(29)11-15/h2-3,6-7,9-12,16,18,24H,1,4-5,8,13-14H2,(H2-,25,27,28,29)/p+1.